The summed E-state index contributed by atoms with van der Waals surface area (Å²) in [6, 6.07) is 5.14. The number of likely N-dealkylation sites (tertiary alicyclic amines) is 1. The van der Waals surface area contributed by atoms with E-state index in [0.717, 1.165) is 37.2 Å². The molecule has 4 aliphatic heterocycles. The van der Waals surface area contributed by atoms with E-state index in [1.165, 1.54) is 0 Å². The monoisotopic (exact) mass is 411 g/mol. The Morgan fingerprint density at radius 3 is 2.63 bits per heavy atom. The Kier molecular flexibility index (Phi) is 4.79. The van der Waals surface area contributed by atoms with E-state index in [9.17, 15) is 19.2 Å². The highest BCUT2D eigenvalue weighted by Crippen LogP contribution is 2.30. The van der Waals surface area contributed by atoms with Gasteiger partial charge in [0.1, 0.15) is 6.04 Å². The van der Waals surface area contributed by atoms with Gasteiger partial charge in [-0.2, -0.15) is 0 Å². The molecular formula is C21H25N5O4. The maximum Gasteiger partial charge on any atom is 0.255 e. The number of nitrogens with zero attached hydrogens (tertiary/aromatic N) is 2. The number of hydrogen-bond donors (Lipinski definition) is 3. The second-order valence-corrected chi connectivity index (χ2v) is 8.42. The van der Waals surface area contributed by atoms with E-state index in [1.807, 2.05) is 23.1 Å². The average molecular weight is 411 g/mol. The summed E-state index contributed by atoms with van der Waals surface area (Å²) >= 11 is 0. The average Bonchev–Trinajstić information content (AvgIpc) is 3.20. The maximum atomic E-state index is 13.1. The van der Waals surface area contributed by atoms with E-state index < -0.39 is 11.9 Å². The summed E-state index contributed by atoms with van der Waals surface area (Å²) in [6.45, 7) is 3.26. The third kappa shape index (κ3) is 3.18. The third-order valence-corrected chi connectivity index (χ3v) is 6.62. The SMILES string of the molecule is O=C1CCC(N2Cc3cccc(CNC4CCN(C5CNC5)C4=O)c3C2=O)C(=O)N1. The van der Waals surface area contributed by atoms with Gasteiger partial charge in [0.15, 0.2) is 0 Å². The number of hydrogen-bond acceptors (Lipinski definition) is 6. The summed E-state index contributed by atoms with van der Waals surface area (Å²) in [4.78, 5) is 53.0. The second-order valence-electron chi connectivity index (χ2n) is 8.42. The number of imide groups is 1. The number of benzene rings is 1. The van der Waals surface area contributed by atoms with E-state index in [0.29, 0.717) is 31.1 Å². The van der Waals surface area contributed by atoms with Crippen LogP contribution in [0.4, 0.5) is 0 Å². The Hall–Kier alpha value is -2.78. The molecule has 3 fully saturated rings. The highest BCUT2D eigenvalue weighted by molar-refractivity contribution is 6.06. The summed E-state index contributed by atoms with van der Waals surface area (Å²) in [5.74, 6) is -0.755. The molecule has 3 saturated heterocycles. The maximum absolute atomic E-state index is 13.1. The molecule has 0 bridgehead atoms. The Balaban J connectivity index is 1.28. The van der Waals surface area contributed by atoms with Crippen molar-refractivity contribution in [2.75, 3.05) is 19.6 Å². The molecule has 4 heterocycles. The van der Waals surface area contributed by atoms with Crippen LogP contribution >= 0.6 is 0 Å². The van der Waals surface area contributed by atoms with E-state index in [2.05, 4.69) is 16.0 Å². The summed E-state index contributed by atoms with van der Waals surface area (Å²) in [7, 11) is 0. The Morgan fingerprint density at radius 1 is 1.07 bits per heavy atom. The predicted octanol–water partition coefficient (Wildman–Crippen LogP) is -0.890. The lowest BCUT2D eigenvalue weighted by Crippen LogP contribution is -2.58. The quantitative estimate of drug-likeness (QED) is 0.542. The van der Waals surface area contributed by atoms with E-state index >= 15 is 0 Å². The highest BCUT2D eigenvalue weighted by atomic mass is 16.2. The van der Waals surface area contributed by atoms with Crippen LogP contribution in [-0.2, 0) is 27.5 Å². The third-order valence-electron chi connectivity index (χ3n) is 6.62. The fourth-order valence-corrected chi connectivity index (χ4v) is 4.82. The molecule has 30 heavy (non-hydrogen) atoms. The molecule has 5 rings (SSSR count). The minimum Gasteiger partial charge on any atom is -0.336 e. The zero-order valence-corrected chi connectivity index (χ0v) is 16.6. The van der Waals surface area contributed by atoms with Gasteiger partial charge in [-0.05, 0) is 24.0 Å². The predicted molar refractivity (Wildman–Crippen MR) is 106 cm³/mol. The van der Waals surface area contributed by atoms with Crippen LogP contribution in [0.25, 0.3) is 0 Å². The smallest absolute Gasteiger partial charge is 0.255 e. The van der Waals surface area contributed by atoms with Crippen LogP contribution in [0.15, 0.2) is 18.2 Å². The number of rotatable bonds is 5. The van der Waals surface area contributed by atoms with Gasteiger partial charge in [0, 0.05) is 44.7 Å². The van der Waals surface area contributed by atoms with Gasteiger partial charge in [-0.15, -0.1) is 0 Å². The first-order chi connectivity index (χ1) is 14.5. The van der Waals surface area contributed by atoms with E-state index in [-0.39, 0.29) is 30.2 Å². The van der Waals surface area contributed by atoms with E-state index in [1.54, 1.807) is 4.90 Å². The molecule has 2 atom stereocenters. The molecule has 4 aliphatic rings. The lowest BCUT2D eigenvalue weighted by molar-refractivity contribution is -0.137. The molecule has 0 spiro atoms. The molecule has 9 nitrogen and oxygen atoms in total. The number of carbonyl (C=O) groups is 4. The first kappa shape index (κ1) is 19.2. The van der Waals surface area contributed by atoms with Gasteiger partial charge in [-0.25, -0.2) is 0 Å². The fraction of sp³-hybridized carbons (Fsp3) is 0.524. The van der Waals surface area contributed by atoms with Crippen molar-refractivity contribution in [3.05, 3.63) is 34.9 Å². The lowest BCUT2D eigenvalue weighted by atomic mass is 10.0. The second kappa shape index (κ2) is 7.48. The van der Waals surface area contributed by atoms with Crippen LogP contribution in [0.5, 0.6) is 0 Å². The van der Waals surface area contributed by atoms with Gasteiger partial charge in [0.05, 0.1) is 12.1 Å². The van der Waals surface area contributed by atoms with Crippen molar-refractivity contribution in [3.63, 3.8) is 0 Å². The zero-order valence-electron chi connectivity index (χ0n) is 16.6. The molecule has 1 aromatic carbocycles. The molecular weight excluding hydrogens is 386 g/mol. The van der Waals surface area contributed by atoms with Gasteiger partial charge in [0.2, 0.25) is 17.7 Å². The summed E-state index contributed by atoms with van der Waals surface area (Å²) < 4.78 is 0. The molecule has 0 aromatic heterocycles. The van der Waals surface area contributed by atoms with Crippen LogP contribution in [0, 0.1) is 0 Å². The molecule has 0 saturated carbocycles. The van der Waals surface area contributed by atoms with E-state index in [4.69, 9.17) is 0 Å². The Morgan fingerprint density at radius 2 is 1.90 bits per heavy atom. The minimum absolute atomic E-state index is 0.130. The number of piperidine rings is 1. The topological polar surface area (TPSA) is 111 Å². The number of amides is 4. The van der Waals surface area contributed by atoms with Crippen molar-refractivity contribution in [3.8, 4) is 0 Å². The Labute approximate surface area is 174 Å². The van der Waals surface area contributed by atoms with Gasteiger partial charge in [-0.3, -0.25) is 24.5 Å². The summed E-state index contributed by atoms with van der Waals surface area (Å²) in [5, 5.41) is 8.86. The van der Waals surface area contributed by atoms with Crippen molar-refractivity contribution in [1.29, 1.82) is 0 Å². The van der Waals surface area contributed by atoms with Crippen LogP contribution in [-0.4, -0.2) is 71.2 Å². The zero-order chi connectivity index (χ0) is 20.8. The molecule has 0 radical (unpaired) electrons. The van der Waals surface area contributed by atoms with Crippen molar-refractivity contribution >= 4 is 23.6 Å². The molecule has 4 amide bonds. The molecule has 1 aromatic rings. The summed E-state index contributed by atoms with van der Waals surface area (Å²) in [6.07, 6.45) is 1.35. The number of carbonyl (C=O) groups excluding carboxylic acids is 4. The van der Waals surface area contributed by atoms with Gasteiger partial charge in [-0.1, -0.05) is 18.2 Å². The van der Waals surface area contributed by atoms with Gasteiger partial charge < -0.3 is 20.4 Å². The molecule has 158 valence electrons. The van der Waals surface area contributed by atoms with Crippen molar-refractivity contribution in [1.82, 2.24) is 25.8 Å². The molecule has 9 heteroatoms. The van der Waals surface area contributed by atoms with Crippen LogP contribution in [0.3, 0.4) is 0 Å². The summed E-state index contributed by atoms with van der Waals surface area (Å²) in [5.41, 5.74) is 2.33. The van der Waals surface area contributed by atoms with Crippen molar-refractivity contribution in [2.24, 2.45) is 0 Å². The standard InChI is InChI=1S/C21H25N5O4/c27-17-5-4-16(19(28)24-17)26-11-13-3-1-2-12(18(13)21(26)30)8-23-15-6-7-25(20(15)29)14-9-22-10-14/h1-3,14-16,22-23H,4-11H2,(H,24,27,28). The molecule has 3 N–H and O–H groups in total. The van der Waals surface area contributed by atoms with Gasteiger partial charge in [0.25, 0.3) is 5.91 Å². The fourth-order valence-electron chi connectivity index (χ4n) is 4.82. The normalized spacial score (nSPS) is 26.8. The lowest BCUT2D eigenvalue weighted by Gasteiger charge is -2.35. The van der Waals surface area contributed by atoms with Crippen molar-refractivity contribution < 1.29 is 19.2 Å². The van der Waals surface area contributed by atoms with Gasteiger partial charge >= 0.3 is 0 Å². The first-order valence-electron chi connectivity index (χ1n) is 10.5. The van der Waals surface area contributed by atoms with Crippen LogP contribution < -0.4 is 16.0 Å². The Bertz CT molecular complexity index is 928. The number of nitrogens with one attached hydrogen (secondary N) is 3. The van der Waals surface area contributed by atoms with Crippen LogP contribution in [0.2, 0.25) is 0 Å². The largest absolute Gasteiger partial charge is 0.336 e. The first-order valence-corrected chi connectivity index (χ1v) is 10.5. The molecule has 0 aliphatic carbocycles. The minimum atomic E-state index is -0.621. The highest BCUT2D eigenvalue weighted by Gasteiger charge is 2.41. The van der Waals surface area contributed by atoms with Crippen LogP contribution in [0.1, 0.15) is 40.7 Å². The molecule has 2 unspecified atom stereocenters. The number of fused-ring (bicyclic) bond motifs is 1. The van der Waals surface area contributed by atoms with Crippen molar-refractivity contribution in [2.45, 2.75) is 50.5 Å².